The Balaban J connectivity index is 2.77. The summed E-state index contributed by atoms with van der Waals surface area (Å²) in [4.78, 5) is 0. The maximum absolute atomic E-state index is 13.6. The van der Waals surface area contributed by atoms with Crippen LogP contribution < -0.4 is 0 Å². The van der Waals surface area contributed by atoms with Crippen molar-refractivity contribution in [2.45, 2.75) is 64.6 Å². The van der Waals surface area contributed by atoms with E-state index in [1.54, 1.807) is 0 Å². The summed E-state index contributed by atoms with van der Waals surface area (Å²) >= 11 is 0. The molecule has 0 N–H and O–H groups in total. The molecule has 0 aromatic heterocycles. The highest BCUT2D eigenvalue weighted by Gasteiger charge is 2.39. The zero-order valence-electron chi connectivity index (χ0n) is 16.3. The van der Waals surface area contributed by atoms with Crippen molar-refractivity contribution in [2.75, 3.05) is 33.1 Å². The first-order valence-corrected chi connectivity index (χ1v) is 12.8. The minimum absolute atomic E-state index is 0.0562. The molecule has 1 aliphatic rings. The number of hydrogen-bond acceptors (Lipinski definition) is 5. The van der Waals surface area contributed by atoms with Crippen molar-refractivity contribution in [1.29, 1.82) is 5.26 Å². The standard InChI is InChI=1S/C17H34N2O4P2/c1-6-19(24(20,15(2)3)13-7-12-18)17-10-8-16(9-11-17)14-25(21,22-4)23-5/h15-17H,6-11,13-14H2,1-5H3. The van der Waals surface area contributed by atoms with Crippen LogP contribution in [0, 0.1) is 17.2 Å². The second-order valence-corrected chi connectivity index (χ2v) is 12.9. The van der Waals surface area contributed by atoms with E-state index in [0.717, 1.165) is 32.2 Å². The minimum Gasteiger partial charge on any atom is -0.312 e. The molecule has 1 unspecified atom stereocenters. The quantitative estimate of drug-likeness (QED) is 0.489. The third kappa shape index (κ3) is 5.91. The van der Waals surface area contributed by atoms with Gasteiger partial charge in [-0.3, -0.25) is 9.24 Å². The molecule has 0 radical (unpaired) electrons. The Labute approximate surface area is 153 Å². The first-order chi connectivity index (χ1) is 11.8. The summed E-state index contributed by atoms with van der Waals surface area (Å²) < 4.78 is 38.2. The monoisotopic (exact) mass is 392 g/mol. The highest BCUT2D eigenvalue weighted by molar-refractivity contribution is 7.62. The highest BCUT2D eigenvalue weighted by Crippen LogP contribution is 2.57. The first-order valence-electron chi connectivity index (χ1n) is 9.19. The van der Waals surface area contributed by atoms with Gasteiger partial charge in [0.05, 0.1) is 12.2 Å². The van der Waals surface area contributed by atoms with E-state index in [2.05, 4.69) is 17.7 Å². The summed E-state index contributed by atoms with van der Waals surface area (Å²) in [5.41, 5.74) is 0.0562. The number of nitrogens with zero attached hydrogens (tertiary/aromatic N) is 2. The molecule has 0 aromatic rings. The fourth-order valence-corrected chi connectivity index (χ4v) is 8.33. The molecule has 0 bridgehead atoms. The van der Waals surface area contributed by atoms with Crippen LogP contribution in [-0.2, 0) is 18.2 Å². The third-order valence-corrected chi connectivity index (χ3v) is 11.4. The lowest BCUT2D eigenvalue weighted by Gasteiger charge is -2.42. The molecule has 1 aliphatic carbocycles. The lowest BCUT2D eigenvalue weighted by molar-refractivity contribution is 0.214. The van der Waals surface area contributed by atoms with Crippen molar-refractivity contribution in [2.24, 2.45) is 5.92 Å². The van der Waals surface area contributed by atoms with E-state index in [-0.39, 0.29) is 11.7 Å². The van der Waals surface area contributed by atoms with Gasteiger partial charge in [0.1, 0.15) is 0 Å². The van der Waals surface area contributed by atoms with Gasteiger partial charge in [-0.2, -0.15) is 5.26 Å². The van der Waals surface area contributed by atoms with E-state index in [9.17, 15) is 9.13 Å². The molecule has 0 aliphatic heterocycles. The molecule has 0 heterocycles. The fourth-order valence-electron chi connectivity index (χ4n) is 3.83. The van der Waals surface area contributed by atoms with Gasteiger partial charge in [-0.1, -0.05) is 20.8 Å². The Hall–Kier alpha value is -0.170. The Morgan fingerprint density at radius 3 is 2.12 bits per heavy atom. The van der Waals surface area contributed by atoms with E-state index in [0.29, 0.717) is 24.7 Å². The average molecular weight is 392 g/mol. The first kappa shape index (κ1) is 22.9. The molecule has 0 amide bonds. The Morgan fingerprint density at radius 2 is 1.72 bits per heavy atom. The van der Waals surface area contributed by atoms with Crippen LogP contribution in [0.15, 0.2) is 0 Å². The van der Waals surface area contributed by atoms with Gasteiger partial charge in [-0.15, -0.1) is 0 Å². The summed E-state index contributed by atoms with van der Waals surface area (Å²) in [6.07, 6.45) is 5.02. The Kier molecular flexibility index (Phi) is 9.37. The van der Waals surface area contributed by atoms with Gasteiger partial charge in [-0.05, 0) is 31.6 Å². The van der Waals surface area contributed by atoms with Crippen molar-refractivity contribution < 1.29 is 18.2 Å². The van der Waals surface area contributed by atoms with E-state index in [1.165, 1.54) is 14.2 Å². The van der Waals surface area contributed by atoms with Gasteiger partial charge in [0.15, 0.2) is 7.29 Å². The molecule has 6 nitrogen and oxygen atoms in total. The van der Waals surface area contributed by atoms with Gasteiger partial charge < -0.3 is 13.6 Å². The third-order valence-electron chi connectivity index (χ3n) is 5.39. The van der Waals surface area contributed by atoms with Gasteiger partial charge in [0, 0.05) is 45.0 Å². The van der Waals surface area contributed by atoms with Gasteiger partial charge >= 0.3 is 7.60 Å². The summed E-state index contributed by atoms with van der Waals surface area (Å²) in [5.74, 6) is 0.318. The molecule has 0 saturated heterocycles. The highest BCUT2D eigenvalue weighted by atomic mass is 31.2. The van der Waals surface area contributed by atoms with E-state index >= 15 is 0 Å². The van der Waals surface area contributed by atoms with Gasteiger partial charge in [0.25, 0.3) is 0 Å². The molecule has 1 saturated carbocycles. The number of rotatable bonds is 10. The zero-order chi connectivity index (χ0) is 19.1. The Bertz CT molecular complexity index is 531. The lowest BCUT2D eigenvalue weighted by atomic mass is 9.87. The van der Waals surface area contributed by atoms with Gasteiger partial charge in [-0.25, -0.2) is 0 Å². The van der Waals surface area contributed by atoms with E-state index in [1.807, 2.05) is 13.8 Å². The zero-order valence-corrected chi connectivity index (χ0v) is 18.1. The van der Waals surface area contributed by atoms with E-state index in [4.69, 9.17) is 14.3 Å². The second kappa shape index (κ2) is 10.2. The van der Waals surface area contributed by atoms with Crippen molar-refractivity contribution in [3.63, 3.8) is 0 Å². The van der Waals surface area contributed by atoms with Crippen LogP contribution >= 0.6 is 14.9 Å². The normalized spacial score (nSPS) is 24.2. The maximum Gasteiger partial charge on any atom is 0.330 e. The van der Waals surface area contributed by atoms with Crippen LogP contribution in [0.4, 0.5) is 0 Å². The topological polar surface area (TPSA) is 79.6 Å². The molecule has 0 aromatic carbocycles. The summed E-state index contributed by atoms with van der Waals surface area (Å²) in [6.45, 7) is 6.79. The molecule has 1 rings (SSSR count). The molecule has 0 spiro atoms. The van der Waals surface area contributed by atoms with Crippen molar-refractivity contribution >= 4 is 14.9 Å². The van der Waals surface area contributed by atoms with Crippen LogP contribution in [0.2, 0.25) is 0 Å². The average Bonchev–Trinajstić information content (AvgIpc) is 2.61. The smallest absolute Gasteiger partial charge is 0.312 e. The molecular formula is C17H34N2O4P2. The molecular weight excluding hydrogens is 358 g/mol. The van der Waals surface area contributed by atoms with Crippen LogP contribution in [0.1, 0.15) is 52.9 Å². The lowest BCUT2D eigenvalue weighted by Crippen LogP contribution is -2.38. The van der Waals surface area contributed by atoms with Crippen LogP contribution in [-0.4, -0.2) is 49.5 Å². The summed E-state index contributed by atoms with van der Waals surface area (Å²) in [6, 6.07) is 2.42. The largest absolute Gasteiger partial charge is 0.330 e. The van der Waals surface area contributed by atoms with E-state index < -0.39 is 14.9 Å². The number of hydrogen-bond donors (Lipinski definition) is 0. The summed E-state index contributed by atoms with van der Waals surface area (Å²) in [5, 5.41) is 8.93. The van der Waals surface area contributed by atoms with Gasteiger partial charge in [0.2, 0.25) is 0 Å². The van der Waals surface area contributed by atoms with Crippen molar-refractivity contribution in [3.05, 3.63) is 0 Å². The Morgan fingerprint density at radius 1 is 1.16 bits per heavy atom. The van der Waals surface area contributed by atoms with Crippen LogP contribution in [0.25, 0.3) is 0 Å². The molecule has 1 fully saturated rings. The predicted octanol–water partition coefficient (Wildman–Crippen LogP) is 4.95. The molecule has 1 atom stereocenters. The molecule has 25 heavy (non-hydrogen) atoms. The molecule has 146 valence electrons. The van der Waals surface area contributed by atoms with Crippen LogP contribution in [0.5, 0.6) is 0 Å². The SMILES string of the molecule is CCN(C1CCC(CP(=O)(OC)OC)CC1)P(=O)(CCC#N)C(C)C. The van der Waals surface area contributed by atoms with Crippen LogP contribution in [0.3, 0.4) is 0 Å². The second-order valence-electron chi connectivity index (χ2n) is 7.07. The maximum atomic E-state index is 13.6. The van der Waals surface area contributed by atoms with Crippen molar-refractivity contribution in [1.82, 2.24) is 4.67 Å². The fraction of sp³-hybridized carbons (Fsp3) is 0.941. The molecule has 8 heteroatoms. The van der Waals surface area contributed by atoms with Crippen molar-refractivity contribution in [3.8, 4) is 6.07 Å². The number of nitriles is 1. The summed E-state index contributed by atoms with van der Waals surface area (Å²) in [7, 11) is -2.65. The minimum atomic E-state index is -2.97. The predicted molar refractivity (Wildman–Crippen MR) is 102 cm³/mol.